The van der Waals surface area contributed by atoms with Crippen molar-refractivity contribution in [3.8, 4) is 0 Å². The van der Waals surface area contributed by atoms with Gasteiger partial charge >= 0.3 is 6.03 Å². The Morgan fingerprint density at radius 1 is 1.42 bits per heavy atom. The van der Waals surface area contributed by atoms with E-state index in [4.69, 9.17) is 9.47 Å². The van der Waals surface area contributed by atoms with Crippen molar-refractivity contribution in [2.45, 2.75) is 13.0 Å². The molecule has 7 heteroatoms. The second kappa shape index (κ2) is 7.19. The summed E-state index contributed by atoms with van der Waals surface area (Å²) in [5.41, 5.74) is 2.25. The summed E-state index contributed by atoms with van der Waals surface area (Å²) in [4.78, 5) is 28.3. The molecular formula is C17H23N3O4. The van der Waals surface area contributed by atoms with Crippen LogP contribution in [-0.2, 0) is 9.47 Å². The second-order valence-electron chi connectivity index (χ2n) is 6.03. The van der Waals surface area contributed by atoms with Gasteiger partial charge in [-0.2, -0.15) is 0 Å². The zero-order valence-corrected chi connectivity index (χ0v) is 14.1. The monoisotopic (exact) mass is 333 g/mol. The predicted octanol–water partition coefficient (Wildman–Crippen LogP) is 1.01. The summed E-state index contributed by atoms with van der Waals surface area (Å²) in [6.45, 7) is 5.18. The van der Waals surface area contributed by atoms with E-state index < -0.39 is 0 Å². The molecule has 0 aromatic heterocycles. The number of nitrogens with zero attached hydrogens (tertiary/aromatic N) is 2. The van der Waals surface area contributed by atoms with Crippen LogP contribution in [0.25, 0.3) is 0 Å². The summed E-state index contributed by atoms with van der Waals surface area (Å²) in [7, 11) is 1.62. The molecule has 3 amide bonds. The summed E-state index contributed by atoms with van der Waals surface area (Å²) >= 11 is 0. The third-order valence-electron chi connectivity index (χ3n) is 4.46. The van der Waals surface area contributed by atoms with Crippen LogP contribution in [0.1, 0.15) is 15.9 Å². The van der Waals surface area contributed by atoms with E-state index in [0.717, 1.165) is 11.3 Å². The van der Waals surface area contributed by atoms with Gasteiger partial charge in [0.1, 0.15) is 0 Å². The molecule has 2 aliphatic rings. The molecule has 2 aliphatic heterocycles. The minimum atomic E-state index is -0.116. The number of nitrogens with one attached hydrogen (secondary N) is 1. The standard InChI is InChI=1S/C17H23N3O4/c1-12-14(4-3-5-15(12)20-7-6-18-17(20)22)16(21)19-8-9-24-13(10-19)11-23-2/h3-5,13H,6-11H2,1-2H3,(H,18,22). The highest BCUT2D eigenvalue weighted by Crippen LogP contribution is 2.26. The number of amides is 3. The number of urea groups is 1. The van der Waals surface area contributed by atoms with Crippen LogP contribution in [0.4, 0.5) is 10.5 Å². The van der Waals surface area contributed by atoms with Crippen LogP contribution in [0.2, 0.25) is 0 Å². The fourth-order valence-electron chi connectivity index (χ4n) is 3.21. The normalized spacial score (nSPS) is 21.1. The molecule has 2 fully saturated rings. The molecule has 0 saturated carbocycles. The molecule has 0 spiro atoms. The molecule has 24 heavy (non-hydrogen) atoms. The van der Waals surface area contributed by atoms with Gasteiger partial charge in [-0.15, -0.1) is 0 Å². The van der Waals surface area contributed by atoms with Gasteiger partial charge in [-0.25, -0.2) is 4.79 Å². The Labute approximate surface area is 141 Å². The SMILES string of the molecule is COCC1CN(C(=O)c2cccc(N3CCNC3=O)c2C)CCO1. The van der Waals surface area contributed by atoms with Crippen LogP contribution >= 0.6 is 0 Å². The third-order valence-corrected chi connectivity index (χ3v) is 4.46. The lowest BCUT2D eigenvalue weighted by molar-refractivity contribution is -0.0531. The minimum Gasteiger partial charge on any atom is -0.382 e. The van der Waals surface area contributed by atoms with Gasteiger partial charge in [0, 0.05) is 44.5 Å². The maximum absolute atomic E-state index is 12.9. The summed E-state index contributed by atoms with van der Waals surface area (Å²) in [6, 6.07) is 5.41. The highest BCUT2D eigenvalue weighted by atomic mass is 16.5. The van der Waals surface area contributed by atoms with E-state index in [1.807, 2.05) is 25.1 Å². The Morgan fingerprint density at radius 2 is 2.25 bits per heavy atom. The van der Waals surface area contributed by atoms with E-state index in [-0.39, 0.29) is 18.0 Å². The molecule has 130 valence electrons. The quantitative estimate of drug-likeness (QED) is 0.893. The smallest absolute Gasteiger partial charge is 0.322 e. The molecule has 1 aromatic carbocycles. The molecule has 2 heterocycles. The number of carbonyl (C=O) groups excluding carboxylic acids is 2. The average molecular weight is 333 g/mol. The Morgan fingerprint density at radius 3 is 2.96 bits per heavy atom. The highest BCUT2D eigenvalue weighted by Gasteiger charge is 2.28. The Balaban J connectivity index is 1.81. The van der Waals surface area contributed by atoms with E-state index in [1.165, 1.54) is 0 Å². The van der Waals surface area contributed by atoms with Crippen molar-refractivity contribution in [1.82, 2.24) is 10.2 Å². The van der Waals surface area contributed by atoms with Gasteiger partial charge in [0.15, 0.2) is 0 Å². The third kappa shape index (κ3) is 3.22. The summed E-state index contributed by atoms with van der Waals surface area (Å²) in [6.07, 6.45) is -0.0967. The van der Waals surface area contributed by atoms with Crippen molar-refractivity contribution < 1.29 is 19.1 Å². The number of benzene rings is 1. The number of ether oxygens (including phenoxy) is 2. The molecule has 7 nitrogen and oxygen atoms in total. The molecule has 3 rings (SSSR count). The molecule has 1 unspecified atom stereocenters. The van der Waals surface area contributed by atoms with Crippen molar-refractivity contribution in [3.05, 3.63) is 29.3 Å². The minimum absolute atomic E-state index is 0.0293. The number of hydrogen-bond donors (Lipinski definition) is 1. The van der Waals surface area contributed by atoms with Crippen molar-refractivity contribution in [2.24, 2.45) is 0 Å². The van der Waals surface area contributed by atoms with Crippen LogP contribution in [0.5, 0.6) is 0 Å². The van der Waals surface area contributed by atoms with Crippen LogP contribution in [0, 0.1) is 6.92 Å². The lowest BCUT2D eigenvalue weighted by atomic mass is 10.0. The lowest BCUT2D eigenvalue weighted by Gasteiger charge is -2.33. The Kier molecular flexibility index (Phi) is 5.01. The van der Waals surface area contributed by atoms with Crippen molar-refractivity contribution in [2.75, 3.05) is 51.4 Å². The van der Waals surface area contributed by atoms with E-state index in [2.05, 4.69) is 5.32 Å². The molecule has 0 radical (unpaired) electrons. The van der Waals surface area contributed by atoms with Crippen LogP contribution in [0.3, 0.4) is 0 Å². The number of morpholine rings is 1. The average Bonchev–Trinajstić information content (AvgIpc) is 3.01. The van der Waals surface area contributed by atoms with Crippen LogP contribution in [0.15, 0.2) is 18.2 Å². The van der Waals surface area contributed by atoms with Crippen LogP contribution < -0.4 is 10.2 Å². The molecule has 1 aromatic rings. The maximum atomic E-state index is 12.9. The largest absolute Gasteiger partial charge is 0.382 e. The molecule has 1 N–H and O–H groups in total. The lowest BCUT2D eigenvalue weighted by Crippen LogP contribution is -2.47. The number of rotatable bonds is 4. The molecule has 0 aliphatic carbocycles. The summed E-state index contributed by atoms with van der Waals surface area (Å²) < 4.78 is 10.7. The molecule has 0 bridgehead atoms. The Bertz CT molecular complexity index is 632. The number of methoxy groups -OCH3 is 1. The number of hydrogen-bond acceptors (Lipinski definition) is 4. The van der Waals surface area contributed by atoms with Gasteiger partial charge in [0.05, 0.1) is 19.3 Å². The van der Waals surface area contributed by atoms with Gasteiger partial charge in [-0.3, -0.25) is 9.69 Å². The van der Waals surface area contributed by atoms with Gasteiger partial charge in [-0.1, -0.05) is 6.07 Å². The van der Waals surface area contributed by atoms with Gasteiger partial charge in [0.2, 0.25) is 0 Å². The predicted molar refractivity (Wildman–Crippen MR) is 89.4 cm³/mol. The zero-order valence-electron chi connectivity index (χ0n) is 14.1. The Hall–Kier alpha value is -2.12. The maximum Gasteiger partial charge on any atom is 0.322 e. The second-order valence-corrected chi connectivity index (χ2v) is 6.03. The molecule has 1 atom stereocenters. The fraction of sp³-hybridized carbons (Fsp3) is 0.529. The van der Waals surface area contributed by atoms with Gasteiger partial charge in [-0.05, 0) is 24.6 Å². The number of anilines is 1. The van der Waals surface area contributed by atoms with E-state index in [1.54, 1.807) is 16.9 Å². The number of carbonyl (C=O) groups is 2. The topological polar surface area (TPSA) is 71.1 Å². The van der Waals surface area contributed by atoms with Crippen molar-refractivity contribution in [1.29, 1.82) is 0 Å². The first-order chi connectivity index (χ1) is 11.6. The fourth-order valence-corrected chi connectivity index (χ4v) is 3.21. The van der Waals surface area contributed by atoms with E-state index in [0.29, 0.717) is 45.0 Å². The first-order valence-corrected chi connectivity index (χ1v) is 8.16. The first kappa shape index (κ1) is 16.7. The van der Waals surface area contributed by atoms with Crippen LogP contribution in [-0.4, -0.2) is 69.4 Å². The molecular weight excluding hydrogens is 310 g/mol. The first-order valence-electron chi connectivity index (χ1n) is 8.16. The highest BCUT2D eigenvalue weighted by molar-refractivity contribution is 6.00. The van der Waals surface area contributed by atoms with E-state index >= 15 is 0 Å². The van der Waals surface area contributed by atoms with Gasteiger partial charge < -0.3 is 19.7 Å². The summed E-state index contributed by atoms with van der Waals surface area (Å²) in [5, 5.41) is 2.79. The summed E-state index contributed by atoms with van der Waals surface area (Å²) in [5.74, 6) is -0.0293. The molecule has 2 saturated heterocycles. The van der Waals surface area contributed by atoms with Gasteiger partial charge in [0.25, 0.3) is 5.91 Å². The van der Waals surface area contributed by atoms with Crippen molar-refractivity contribution >= 4 is 17.6 Å². The zero-order chi connectivity index (χ0) is 17.1. The van der Waals surface area contributed by atoms with E-state index in [9.17, 15) is 9.59 Å². The van der Waals surface area contributed by atoms with Crippen molar-refractivity contribution in [3.63, 3.8) is 0 Å².